The third-order valence-electron chi connectivity index (χ3n) is 7.48. The highest BCUT2D eigenvalue weighted by molar-refractivity contribution is 6.14. The first-order chi connectivity index (χ1) is 22.1. The van der Waals surface area contributed by atoms with E-state index in [0.717, 1.165) is 23.1 Å². The molecular formula is C34H36N6O6. The Kier molecular flexibility index (Phi) is 9.36. The third kappa shape index (κ3) is 6.85. The first-order valence-electron chi connectivity index (χ1n) is 15.0. The number of rotatable bonds is 11. The fourth-order valence-electron chi connectivity index (χ4n) is 4.93. The summed E-state index contributed by atoms with van der Waals surface area (Å²) in [5.41, 5.74) is 1.10. The number of nitrogens with zero attached hydrogens (tertiary/aromatic N) is 3. The SMILES string of the molecule is CCCCCOC(=O)n1nc(NC(=O)c2ccccc2NC(=O)c2cccn2C)c2oc(C(=O)NC(C)(C)c3ccccc3)cc21. The number of carbonyl (C=O) groups excluding carboxylic acids is 4. The third-order valence-corrected chi connectivity index (χ3v) is 7.48. The highest BCUT2D eigenvalue weighted by atomic mass is 16.6. The van der Waals surface area contributed by atoms with Crippen LogP contribution in [0.15, 0.2) is 83.4 Å². The van der Waals surface area contributed by atoms with Gasteiger partial charge in [0.05, 0.1) is 23.4 Å². The minimum absolute atomic E-state index is 0.00634. The number of fused-ring (bicyclic) bond motifs is 1. The van der Waals surface area contributed by atoms with E-state index in [0.29, 0.717) is 12.1 Å². The monoisotopic (exact) mass is 624 g/mol. The number of unbranched alkanes of at least 4 members (excludes halogenated alkanes) is 2. The van der Waals surface area contributed by atoms with Crippen LogP contribution < -0.4 is 16.0 Å². The summed E-state index contributed by atoms with van der Waals surface area (Å²) in [4.78, 5) is 52.9. The normalized spacial score (nSPS) is 11.3. The topological polar surface area (TPSA) is 149 Å². The Morgan fingerprint density at radius 1 is 0.891 bits per heavy atom. The van der Waals surface area contributed by atoms with E-state index in [1.54, 1.807) is 54.2 Å². The van der Waals surface area contributed by atoms with Gasteiger partial charge in [-0.2, -0.15) is 4.68 Å². The molecule has 3 N–H and O–H groups in total. The Hall–Kier alpha value is -5.65. The number of anilines is 2. The molecule has 0 aliphatic heterocycles. The van der Waals surface area contributed by atoms with Gasteiger partial charge >= 0.3 is 6.09 Å². The average molecular weight is 625 g/mol. The fourth-order valence-corrected chi connectivity index (χ4v) is 4.93. The molecule has 46 heavy (non-hydrogen) atoms. The molecular weight excluding hydrogens is 588 g/mol. The number of para-hydroxylation sites is 1. The van der Waals surface area contributed by atoms with Gasteiger partial charge in [0.2, 0.25) is 0 Å². The van der Waals surface area contributed by atoms with Crippen LogP contribution in [0.5, 0.6) is 0 Å². The Morgan fingerprint density at radius 2 is 1.63 bits per heavy atom. The Bertz CT molecular complexity index is 1880. The van der Waals surface area contributed by atoms with Crippen molar-refractivity contribution >= 4 is 46.4 Å². The lowest BCUT2D eigenvalue weighted by Gasteiger charge is -2.26. The van der Waals surface area contributed by atoms with Gasteiger partial charge in [-0.15, -0.1) is 5.10 Å². The molecule has 0 unspecified atom stereocenters. The van der Waals surface area contributed by atoms with E-state index in [2.05, 4.69) is 21.0 Å². The molecule has 0 spiro atoms. The molecule has 0 saturated heterocycles. The molecule has 0 bridgehead atoms. The van der Waals surface area contributed by atoms with Crippen molar-refractivity contribution in [3.05, 3.63) is 102 Å². The van der Waals surface area contributed by atoms with Crippen LogP contribution in [0.1, 0.15) is 77.0 Å². The minimum Gasteiger partial charge on any atom is -0.448 e. The lowest BCUT2D eigenvalue weighted by molar-refractivity contribution is 0.0884. The summed E-state index contributed by atoms with van der Waals surface area (Å²) < 4.78 is 14.0. The summed E-state index contributed by atoms with van der Waals surface area (Å²) in [7, 11) is 1.74. The van der Waals surface area contributed by atoms with Gasteiger partial charge in [0.15, 0.2) is 17.2 Å². The maximum absolute atomic E-state index is 13.6. The van der Waals surface area contributed by atoms with Gasteiger partial charge in [0, 0.05) is 19.3 Å². The molecule has 0 aliphatic rings. The van der Waals surface area contributed by atoms with Crippen molar-refractivity contribution in [1.29, 1.82) is 0 Å². The molecule has 5 aromatic rings. The summed E-state index contributed by atoms with van der Waals surface area (Å²) in [6.45, 7) is 5.94. The lowest BCUT2D eigenvalue weighted by atomic mass is 9.94. The highest BCUT2D eigenvalue weighted by Gasteiger charge is 2.29. The second-order valence-electron chi connectivity index (χ2n) is 11.3. The van der Waals surface area contributed by atoms with Crippen molar-refractivity contribution in [2.75, 3.05) is 17.2 Å². The van der Waals surface area contributed by atoms with E-state index < -0.39 is 29.4 Å². The van der Waals surface area contributed by atoms with Gasteiger partial charge < -0.3 is 29.7 Å². The number of hydrogen-bond donors (Lipinski definition) is 3. The smallest absolute Gasteiger partial charge is 0.435 e. The molecule has 2 aromatic carbocycles. The van der Waals surface area contributed by atoms with Crippen molar-refractivity contribution in [3.63, 3.8) is 0 Å². The zero-order chi connectivity index (χ0) is 32.8. The zero-order valence-electron chi connectivity index (χ0n) is 26.1. The second-order valence-corrected chi connectivity index (χ2v) is 11.3. The van der Waals surface area contributed by atoms with E-state index >= 15 is 0 Å². The number of furan rings is 1. The van der Waals surface area contributed by atoms with Crippen LogP contribution in [0, 0.1) is 0 Å². The molecule has 0 aliphatic carbocycles. The molecule has 0 atom stereocenters. The molecule has 3 aromatic heterocycles. The molecule has 238 valence electrons. The molecule has 0 radical (unpaired) electrons. The minimum atomic E-state index is -0.783. The lowest BCUT2D eigenvalue weighted by Crippen LogP contribution is -2.40. The van der Waals surface area contributed by atoms with Gasteiger partial charge in [-0.1, -0.05) is 62.2 Å². The van der Waals surface area contributed by atoms with Crippen LogP contribution in [0.4, 0.5) is 16.3 Å². The summed E-state index contributed by atoms with van der Waals surface area (Å²) >= 11 is 0. The number of aryl methyl sites for hydroxylation is 1. The number of aromatic nitrogens is 3. The van der Waals surface area contributed by atoms with Gasteiger partial charge in [0.1, 0.15) is 11.2 Å². The van der Waals surface area contributed by atoms with Gasteiger partial charge in [-0.25, -0.2) is 4.79 Å². The Balaban J connectivity index is 1.44. The van der Waals surface area contributed by atoms with Gasteiger partial charge in [0.25, 0.3) is 17.7 Å². The molecule has 12 heteroatoms. The second kappa shape index (κ2) is 13.6. The van der Waals surface area contributed by atoms with Crippen LogP contribution in [0.3, 0.4) is 0 Å². The number of benzene rings is 2. The maximum atomic E-state index is 13.6. The quantitative estimate of drug-likeness (QED) is 0.146. The molecule has 0 fully saturated rings. The number of hydrogen-bond acceptors (Lipinski definition) is 7. The summed E-state index contributed by atoms with van der Waals surface area (Å²) in [6.07, 6.45) is 3.47. The van der Waals surface area contributed by atoms with E-state index in [1.165, 1.54) is 6.07 Å². The van der Waals surface area contributed by atoms with Crippen molar-refractivity contribution in [1.82, 2.24) is 19.7 Å². The number of nitrogens with one attached hydrogen (secondary N) is 3. The van der Waals surface area contributed by atoms with E-state index in [9.17, 15) is 19.2 Å². The maximum Gasteiger partial charge on any atom is 0.435 e. The number of carbonyl (C=O) groups is 4. The summed E-state index contributed by atoms with van der Waals surface area (Å²) in [5, 5.41) is 12.7. The van der Waals surface area contributed by atoms with Gasteiger partial charge in [-0.3, -0.25) is 14.4 Å². The van der Waals surface area contributed by atoms with Crippen LogP contribution in [-0.2, 0) is 17.3 Å². The first-order valence-corrected chi connectivity index (χ1v) is 15.0. The largest absolute Gasteiger partial charge is 0.448 e. The molecule has 3 heterocycles. The molecule has 5 rings (SSSR count). The average Bonchev–Trinajstić information content (AvgIpc) is 3.76. The first kappa shape index (κ1) is 31.8. The van der Waals surface area contributed by atoms with Crippen LogP contribution in [0.2, 0.25) is 0 Å². The predicted octanol–water partition coefficient (Wildman–Crippen LogP) is 6.31. The van der Waals surface area contributed by atoms with Crippen molar-refractivity contribution in [2.24, 2.45) is 7.05 Å². The summed E-state index contributed by atoms with van der Waals surface area (Å²) in [5.74, 6) is -1.74. The Morgan fingerprint density at radius 3 is 2.35 bits per heavy atom. The van der Waals surface area contributed by atoms with E-state index in [-0.39, 0.29) is 40.5 Å². The van der Waals surface area contributed by atoms with Crippen molar-refractivity contribution in [3.8, 4) is 0 Å². The van der Waals surface area contributed by atoms with Crippen LogP contribution in [0.25, 0.3) is 11.1 Å². The van der Waals surface area contributed by atoms with E-state index in [1.807, 2.05) is 51.1 Å². The van der Waals surface area contributed by atoms with Crippen molar-refractivity contribution in [2.45, 2.75) is 45.6 Å². The standard InChI is InChI=1S/C34H36N6O6/c1-5-6-12-20-45-33(44)40-26-21-27(32(43)37-34(2,3)22-14-8-7-9-15-22)46-28(26)29(38-40)36-30(41)23-16-10-11-17-24(23)35-31(42)25-18-13-19-39(25)4/h7-11,13-19,21H,5-6,12,20H2,1-4H3,(H,35,42)(H,37,43)(H,36,38,41). The highest BCUT2D eigenvalue weighted by Crippen LogP contribution is 2.29. The molecule has 3 amide bonds. The zero-order valence-corrected chi connectivity index (χ0v) is 26.1. The number of amides is 3. The van der Waals surface area contributed by atoms with E-state index in [4.69, 9.17) is 9.15 Å². The van der Waals surface area contributed by atoms with Crippen molar-refractivity contribution < 1.29 is 28.3 Å². The van der Waals surface area contributed by atoms with Crippen LogP contribution in [-0.4, -0.2) is 44.8 Å². The van der Waals surface area contributed by atoms with Gasteiger partial charge in [-0.05, 0) is 50.1 Å². The number of ether oxygens (including phenoxy) is 1. The molecule has 0 saturated carbocycles. The molecule has 12 nitrogen and oxygen atoms in total. The van der Waals surface area contributed by atoms with Crippen LogP contribution >= 0.6 is 0 Å². The Labute approximate surface area is 265 Å². The predicted molar refractivity (Wildman–Crippen MR) is 173 cm³/mol. The fraction of sp³-hybridized carbons (Fsp3) is 0.265. The summed E-state index contributed by atoms with van der Waals surface area (Å²) in [6, 6.07) is 20.7.